The van der Waals surface area contributed by atoms with Gasteiger partial charge in [0.05, 0.1) is 11.7 Å². The molecule has 0 radical (unpaired) electrons. The number of imidazole rings is 1. The van der Waals surface area contributed by atoms with Crippen LogP contribution in [-0.4, -0.2) is 9.38 Å². The summed E-state index contributed by atoms with van der Waals surface area (Å²) in [5, 5.41) is 0.703. The third kappa shape index (κ3) is 1.78. The van der Waals surface area contributed by atoms with Crippen molar-refractivity contribution in [2.75, 3.05) is 0 Å². The molecular weight excluding hydrogens is 246 g/mol. The minimum atomic E-state index is 0.473. The molecule has 0 saturated carbocycles. The number of hydrogen-bond donors (Lipinski definition) is 1. The average Bonchev–Trinajstić information content (AvgIpc) is 2.82. The Hall–Kier alpha value is -1.84. The van der Waals surface area contributed by atoms with E-state index in [1.165, 1.54) is 0 Å². The molecule has 0 unspecified atom stereocenters. The van der Waals surface area contributed by atoms with Gasteiger partial charge in [-0.1, -0.05) is 29.8 Å². The molecule has 0 atom stereocenters. The molecule has 3 nitrogen and oxygen atoms in total. The highest BCUT2D eigenvalue weighted by molar-refractivity contribution is 6.30. The van der Waals surface area contributed by atoms with Crippen molar-refractivity contribution >= 4 is 17.1 Å². The second-order valence-corrected chi connectivity index (χ2v) is 4.51. The lowest BCUT2D eigenvalue weighted by atomic mass is 10.2. The summed E-state index contributed by atoms with van der Waals surface area (Å²) in [6.07, 6.45) is 1.84. The maximum absolute atomic E-state index is 6.02. The SMILES string of the molecule is NCc1cccc2cnc(-c3cccc(Cl)c3)n12. The topological polar surface area (TPSA) is 43.3 Å². The van der Waals surface area contributed by atoms with Gasteiger partial charge in [0, 0.05) is 22.8 Å². The number of halogens is 1. The smallest absolute Gasteiger partial charge is 0.144 e. The van der Waals surface area contributed by atoms with Gasteiger partial charge in [-0.3, -0.25) is 4.40 Å². The van der Waals surface area contributed by atoms with Crippen molar-refractivity contribution in [3.63, 3.8) is 0 Å². The number of aromatic nitrogens is 2. The number of rotatable bonds is 2. The Morgan fingerprint density at radius 2 is 2.00 bits per heavy atom. The summed E-state index contributed by atoms with van der Waals surface area (Å²) in [6.45, 7) is 0.473. The molecule has 90 valence electrons. The Morgan fingerprint density at radius 3 is 2.78 bits per heavy atom. The molecule has 3 rings (SSSR count). The van der Waals surface area contributed by atoms with Crippen LogP contribution in [0.1, 0.15) is 5.69 Å². The fraction of sp³-hybridized carbons (Fsp3) is 0.0714. The summed E-state index contributed by atoms with van der Waals surface area (Å²) in [4.78, 5) is 4.46. The molecule has 4 heteroatoms. The highest BCUT2D eigenvalue weighted by atomic mass is 35.5. The van der Waals surface area contributed by atoms with Gasteiger partial charge in [0.25, 0.3) is 0 Å². The molecule has 0 amide bonds. The third-order valence-electron chi connectivity index (χ3n) is 2.92. The van der Waals surface area contributed by atoms with Gasteiger partial charge >= 0.3 is 0 Å². The zero-order valence-electron chi connectivity index (χ0n) is 9.68. The van der Waals surface area contributed by atoms with E-state index in [4.69, 9.17) is 17.3 Å². The molecule has 2 N–H and O–H groups in total. The summed E-state index contributed by atoms with van der Waals surface area (Å²) < 4.78 is 2.06. The van der Waals surface area contributed by atoms with Crippen LogP contribution in [0.3, 0.4) is 0 Å². The van der Waals surface area contributed by atoms with Gasteiger partial charge < -0.3 is 5.73 Å². The number of fused-ring (bicyclic) bond motifs is 1. The van der Waals surface area contributed by atoms with Crippen LogP contribution in [-0.2, 0) is 6.54 Å². The highest BCUT2D eigenvalue weighted by Gasteiger charge is 2.09. The van der Waals surface area contributed by atoms with Crippen LogP contribution >= 0.6 is 11.6 Å². The van der Waals surface area contributed by atoms with Crippen molar-refractivity contribution in [1.29, 1.82) is 0 Å². The maximum atomic E-state index is 6.02. The van der Waals surface area contributed by atoms with Crippen LogP contribution < -0.4 is 5.73 Å². The Morgan fingerprint density at radius 1 is 1.17 bits per heavy atom. The maximum Gasteiger partial charge on any atom is 0.144 e. The molecule has 3 aromatic rings. The predicted molar refractivity (Wildman–Crippen MR) is 73.5 cm³/mol. The number of nitrogens with two attached hydrogens (primary N) is 1. The molecule has 0 saturated heterocycles. The number of benzene rings is 1. The Balaban J connectivity index is 2.30. The molecule has 0 aliphatic heterocycles. The van der Waals surface area contributed by atoms with Crippen molar-refractivity contribution in [2.45, 2.75) is 6.54 Å². The number of hydrogen-bond acceptors (Lipinski definition) is 2. The van der Waals surface area contributed by atoms with Gasteiger partial charge in [0.2, 0.25) is 0 Å². The van der Waals surface area contributed by atoms with Crippen LogP contribution in [0.25, 0.3) is 16.9 Å². The van der Waals surface area contributed by atoms with Crippen molar-refractivity contribution in [3.05, 3.63) is 59.4 Å². The lowest BCUT2D eigenvalue weighted by molar-refractivity contribution is 0.946. The molecule has 0 bridgehead atoms. The van der Waals surface area contributed by atoms with Gasteiger partial charge in [-0.2, -0.15) is 0 Å². The van der Waals surface area contributed by atoms with E-state index >= 15 is 0 Å². The Kier molecular flexibility index (Phi) is 2.78. The molecule has 0 spiro atoms. The third-order valence-corrected chi connectivity index (χ3v) is 3.16. The average molecular weight is 258 g/mol. The summed E-state index contributed by atoms with van der Waals surface area (Å²) >= 11 is 6.02. The zero-order valence-corrected chi connectivity index (χ0v) is 10.4. The molecule has 1 aromatic carbocycles. The molecule has 2 heterocycles. The van der Waals surface area contributed by atoms with Crippen molar-refractivity contribution < 1.29 is 0 Å². The van der Waals surface area contributed by atoms with Crippen molar-refractivity contribution in [2.24, 2.45) is 5.73 Å². The van der Waals surface area contributed by atoms with E-state index in [9.17, 15) is 0 Å². The quantitative estimate of drug-likeness (QED) is 0.767. The molecule has 0 aliphatic rings. The monoisotopic (exact) mass is 257 g/mol. The second-order valence-electron chi connectivity index (χ2n) is 4.07. The fourth-order valence-electron chi connectivity index (χ4n) is 2.11. The summed E-state index contributed by atoms with van der Waals surface area (Å²) in [6, 6.07) is 13.7. The van der Waals surface area contributed by atoms with Crippen LogP contribution in [0, 0.1) is 0 Å². The molecule has 18 heavy (non-hydrogen) atoms. The minimum absolute atomic E-state index is 0.473. The van der Waals surface area contributed by atoms with E-state index in [0.717, 1.165) is 22.6 Å². The summed E-state index contributed by atoms with van der Waals surface area (Å²) in [7, 11) is 0. The number of nitrogens with zero attached hydrogens (tertiary/aromatic N) is 2. The van der Waals surface area contributed by atoms with E-state index in [-0.39, 0.29) is 0 Å². The van der Waals surface area contributed by atoms with Crippen LogP contribution in [0.5, 0.6) is 0 Å². The Labute approximate surface area is 110 Å². The normalized spacial score (nSPS) is 11.0. The van der Waals surface area contributed by atoms with E-state index in [1.807, 2.05) is 48.7 Å². The molecule has 0 aliphatic carbocycles. The van der Waals surface area contributed by atoms with Crippen LogP contribution in [0.2, 0.25) is 5.02 Å². The lowest BCUT2D eigenvalue weighted by Crippen LogP contribution is -2.04. The predicted octanol–water partition coefficient (Wildman–Crippen LogP) is 3.11. The zero-order chi connectivity index (χ0) is 12.5. The summed E-state index contributed by atoms with van der Waals surface area (Å²) in [5.41, 5.74) is 8.83. The van der Waals surface area contributed by atoms with Gasteiger partial charge in [0.15, 0.2) is 0 Å². The first-order chi connectivity index (χ1) is 8.79. The van der Waals surface area contributed by atoms with Gasteiger partial charge in [-0.25, -0.2) is 4.98 Å². The first-order valence-electron chi connectivity index (χ1n) is 5.71. The number of pyridine rings is 1. The first-order valence-corrected chi connectivity index (χ1v) is 6.09. The standard InChI is InChI=1S/C14H12ClN3/c15-11-4-1-3-10(7-11)14-17-9-13-6-2-5-12(8-16)18(13)14/h1-7,9H,8,16H2. The van der Waals surface area contributed by atoms with Crippen molar-refractivity contribution in [3.8, 4) is 11.4 Å². The minimum Gasteiger partial charge on any atom is -0.325 e. The van der Waals surface area contributed by atoms with Gasteiger partial charge in [-0.05, 0) is 24.3 Å². The van der Waals surface area contributed by atoms with E-state index in [1.54, 1.807) is 0 Å². The lowest BCUT2D eigenvalue weighted by Gasteiger charge is -2.07. The Bertz CT molecular complexity index is 703. The largest absolute Gasteiger partial charge is 0.325 e. The highest BCUT2D eigenvalue weighted by Crippen LogP contribution is 2.23. The second kappa shape index (κ2) is 4.44. The molecule has 2 aromatic heterocycles. The molecular formula is C14H12ClN3. The molecule has 0 fully saturated rings. The van der Waals surface area contributed by atoms with E-state index in [0.29, 0.717) is 11.6 Å². The van der Waals surface area contributed by atoms with E-state index in [2.05, 4.69) is 9.38 Å². The van der Waals surface area contributed by atoms with Crippen molar-refractivity contribution in [1.82, 2.24) is 9.38 Å². The van der Waals surface area contributed by atoms with Gasteiger partial charge in [-0.15, -0.1) is 0 Å². The first kappa shape index (κ1) is 11.3. The fourth-order valence-corrected chi connectivity index (χ4v) is 2.30. The van der Waals surface area contributed by atoms with Crippen LogP contribution in [0.15, 0.2) is 48.7 Å². The van der Waals surface area contributed by atoms with Crippen LogP contribution in [0.4, 0.5) is 0 Å². The summed E-state index contributed by atoms with van der Waals surface area (Å²) in [5.74, 6) is 0.869. The van der Waals surface area contributed by atoms with Gasteiger partial charge in [0.1, 0.15) is 5.82 Å². The van der Waals surface area contributed by atoms with E-state index < -0.39 is 0 Å².